The van der Waals surface area contributed by atoms with E-state index in [0.29, 0.717) is 0 Å². The lowest BCUT2D eigenvalue weighted by Crippen LogP contribution is -3.14. The standard InChI is InChI=1S/C20H19F2N3OS/c21-13-8-9-15(14(22)11-13)23-19(26)12-25-10-4-3-6-17(25)20-24-16-5-1-2-7-18(16)27-20/h1-2,5,7-9,11,17H,3-4,6,10,12H2,(H,23,26)/p+1/t17-/m0/s1. The molecular formula is C20H20F2N3OS+. The van der Waals surface area contributed by atoms with Crippen LogP contribution in [0.25, 0.3) is 10.2 Å². The van der Waals surface area contributed by atoms with E-state index in [9.17, 15) is 13.6 Å². The van der Waals surface area contributed by atoms with Gasteiger partial charge < -0.3 is 10.2 Å². The Balaban J connectivity index is 1.49. The third-order valence-electron chi connectivity index (χ3n) is 4.93. The number of para-hydroxylation sites is 1. The summed E-state index contributed by atoms with van der Waals surface area (Å²) < 4.78 is 27.9. The van der Waals surface area contributed by atoms with E-state index in [0.717, 1.165) is 58.1 Å². The molecular weight excluding hydrogens is 368 g/mol. The maximum atomic E-state index is 13.8. The second kappa shape index (κ2) is 7.70. The van der Waals surface area contributed by atoms with Crippen LogP contribution in [0.1, 0.15) is 30.3 Å². The first-order valence-corrected chi connectivity index (χ1v) is 9.87. The SMILES string of the molecule is O=C(C[NH+]1CCCC[C@H]1c1nc2ccccc2s1)Nc1ccc(F)cc1F. The van der Waals surface area contributed by atoms with E-state index in [2.05, 4.69) is 11.4 Å². The number of carbonyl (C=O) groups is 1. The van der Waals surface area contributed by atoms with Crippen LogP contribution in [-0.4, -0.2) is 24.0 Å². The molecule has 27 heavy (non-hydrogen) atoms. The number of fused-ring (bicyclic) bond motifs is 1. The van der Waals surface area contributed by atoms with Gasteiger partial charge in [0.1, 0.15) is 17.7 Å². The van der Waals surface area contributed by atoms with Gasteiger partial charge in [0.2, 0.25) is 0 Å². The number of hydrogen-bond donors (Lipinski definition) is 2. The molecule has 1 aliphatic rings. The summed E-state index contributed by atoms with van der Waals surface area (Å²) in [6, 6.07) is 11.4. The van der Waals surface area contributed by atoms with Crippen LogP contribution in [0.2, 0.25) is 0 Å². The van der Waals surface area contributed by atoms with Crippen LogP contribution >= 0.6 is 11.3 Å². The van der Waals surface area contributed by atoms with E-state index in [1.165, 1.54) is 6.07 Å². The zero-order valence-electron chi connectivity index (χ0n) is 14.7. The molecule has 0 spiro atoms. The van der Waals surface area contributed by atoms with Crippen molar-refractivity contribution in [3.8, 4) is 0 Å². The lowest BCUT2D eigenvalue weighted by molar-refractivity contribution is -0.929. The number of carbonyl (C=O) groups excluding carboxylic acids is 1. The summed E-state index contributed by atoms with van der Waals surface area (Å²) in [7, 11) is 0. The Morgan fingerprint density at radius 1 is 1.22 bits per heavy atom. The maximum Gasteiger partial charge on any atom is 0.279 e. The van der Waals surface area contributed by atoms with Gasteiger partial charge in [-0.3, -0.25) is 4.79 Å². The summed E-state index contributed by atoms with van der Waals surface area (Å²) in [5, 5.41) is 3.61. The van der Waals surface area contributed by atoms with Crippen molar-refractivity contribution in [2.24, 2.45) is 0 Å². The van der Waals surface area contributed by atoms with Gasteiger partial charge in [-0.05, 0) is 37.1 Å². The summed E-state index contributed by atoms with van der Waals surface area (Å²) >= 11 is 1.68. The molecule has 1 aromatic heterocycles. The fourth-order valence-electron chi connectivity index (χ4n) is 3.62. The van der Waals surface area contributed by atoms with Crippen molar-refractivity contribution in [3.05, 3.63) is 59.1 Å². The number of anilines is 1. The summed E-state index contributed by atoms with van der Waals surface area (Å²) in [5.74, 6) is -1.70. The van der Waals surface area contributed by atoms with Gasteiger partial charge in [0.15, 0.2) is 11.6 Å². The molecule has 140 valence electrons. The fourth-order valence-corrected chi connectivity index (χ4v) is 4.78. The second-order valence-electron chi connectivity index (χ2n) is 6.83. The molecule has 0 aliphatic carbocycles. The smallest absolute Gasteiger partial charge is 0.279 e. The Hall–Kier alpha value is -2.38. The molecule has 0 bridgehead atoms. The Morgan fingerprint density at radius 3 is 2.89 bits per heavy atom. The van der Waals surface area contributed by atoms with Gasteiger partial charge in [-0.2, -0.15) is 0 Å². The number of halogens is 2. The Kier molecular flexibility index (Phi) is 5.13. The van der Waals surface area contributed by atoms with Gasteiger partial charge in [0.25, 0.3) is 5.91 Å². The van der Waals surface area contributed by atoms with Crippen molar-refractivity contribution in [1.29, 1.82) is 0 Å². The van der Waals surface area contributed by atoms with Gasteiger partial charge in [0, 0.05) is 12.5 Å². The molecule has 4 nitrogen and oxygen atoms in total. The number of amides is 1. The average Bonchev–Trinajstić information content (AvgIpc) is 3.08. The molecule has 2 aromatic carbocycles. The predicted octanol–water partition coefficient (Wildman–Crippen LogP) is 3.32. The van der Waals surface area contributed by atoms with E-state index in [-0.39, 0.29) is 24.2 Å². The van der Waals surface area contributed by atoms with Crippen LogP contribution in [0.5, 0.6) is 0 Å². The highest BCUT2D eigenvalue weighted by atomic mass is 32.1. The summed E-state index contributed by atoms with van der Waals surface area (Å²) in [5.41, 5.74) is 0.995. The van der Waals surface area contributed by atoms with E-state index in [1.807, 2.05) is 18.2 Å². The minimum Gasteiger partial charge on any atom is -0.319 e. The number of benzene rings is 2. The van der Waals surface area contributed by atoms with Crippen molar-refractivity contribution >= 4 is 33.1 Å². The molecule has 3 aromatic rings. The summed E-state index contributed by atoms with van der Waals surface area (Å²) in [6.45, 7) is 1.11. The zero-order chi connectivity index (χ0) is 18.8. The largest absolute Gasteiger partial charge is 0.319 e. The Morgan fingerprint density at radius 2 is 2.07 bits per heavy atom. The molecule has 7 heteroatoms. The van der Waals surface area contributed by atoms with Crippen molar-refractivity contribution in [2.75, 3.05) is 18.4 Å². The molecule has 0 saturated carbocycles. The Bertz CT molecular complexity index is 942. The normalized spacial score (nSPS) is 19.9. The van der Waals surface area contributed by atoms with Crippen LogP contribution in [0.4, 0.5) is 14.5 Å². The van der Waals surface area contributed by atoms with Crippen LogP contribution in [0.3, 0.4) is 0 Å². The molecule has 1 aliphatic heterocycles. The number of aromatic nitrogens is 1. The third-order valence-corrected chi connectivity index (χ3v) is 6.08. The number of rotatable bonds is 4. The highest BCUT2D eigenvalue weighted by Gasteiger charge is 2.32. The molecule has 1 fully saturated rings. The number of piperidine rings is 1. The fraction of sp³-hybridized carbons (Fsp3) is 0.300. The van der Waals surface area contributed by atoms with Crippen molar-refractivity contribution in [1.82, 2.24) is 4.98 Å². The summed E-state index contributed by atoms with van der Waals surface area (Å²) in [4.78, 5) is 18.4. The molecule has 4 rings (SSSR count). The molecule has 1 unspecified atom stereocenters. The van der Waals surface area contributed by atoms with Gasteiger partial charge in [0.05, 0.1) is 22.4 Å². The number of nitrogens with one attached hydrogen (secondary N) is 2. The molecule has 0 radical (unpaired) electrons. The van der Waals surface area contributed by atoms with Crippen molar-refractivity contribution in [2.45, 2.75) is 25.3 Å². The van der Waals surface area contributed by atoms with Crippen LogP contribution in [0.15, 0.2) is 42.5 Å². The monoisotopic (exact) mass is 388 g/mol. The van der Waals surface area contributed by atoms with E-state index in [1.54, 1.807) is 11.3 Å². The van der Waals surface area contributed by atoms with Gasteiger partial charge >= 0.3 is 0 Å². The average molecular weight is 388 g/mol. The number of hydrogen-bond acceptors (Lipinski definition) is 3. The van der Waals surface area contributed by atoms with Gasteiger partial charge in [-0.15, -0.1) is 11.3 Å². The van der Waals surface area contributed by atoms with Gasteiger partial charge in [-0.1, -0.05) is 12.1 Å². The second-order valence-corrected chi connectivity index (χ2v) is 7.89. The van der Waals surface area contributed by atoms with E-state index in [4.69, 9.17) is 4.98 Å². The van der Waals surface area contributed by atoms with E-state index < -0.39 is 11.6 Å². The number of quaternary nitrogens is 1. The molecule has 2 atom stereocenters. The quantitative estimate of drug-likeness (QED) is 0.720. The topological polar surface area (TPSA) is 46.4 Å². The predicted molar refractivity (Wildman–Crippen MR) is 102 cm³/mol. The number of thiazole rings is 1. The van der Waals surface area contributed by atoms with Crippen LogP contribution in [-0.2, 0) is 4.79 Å². The lowest BCUT2D eigenvalue weighted by atomic mass is 10.0. The highest BCUT2D eigenvalue weighted by molar-refractivity contribution is 7.18. The molecule has 1 saturated heterocycles. The van der Waals surface area contributed by atoms with E-state index >= 15 is 0 Å². The molecule has 2 heterocycles. The highest BCUT2D eigenvalue weighted by Crippen LogP contribution is 2.28. The number of likely N-dealkylation sites (tertiary alicyclic amines) is 1. The first-order valence-electron chi connectivity index (χ1n) is 9.05. The van der Waals surface area contributed by atoms with Crippen LogP contribution in [0, 0.1) is 11.6 Å². The number of nitrogens with zero attached hydrogens (tertiary/aromatic N) is 1. The zero-order valence-corrected chi connectivity index (χ0v) is 15.5. The van der Waals surface area contributed by atoms with Crippen LogP contribution < -0.4 is 10.2 Å². The molecule has 1 amide bonds. The minimum absolute atomic E-state index is 0.00865. The minimum atomic E-state index is -0.764. The molecule has 2 N–H and O–H groups in total. The first-order chi connectivity index (χ1) is 13.1. The Labute approximate surface area is 159 Å². The third kappa shape index (κ3) is 3.99. The summed E-state index contributed by atoms with van der Waals surface area (Å²) in [6.07, 6.45) is 3.14. The van der Waals surface area contributed by atoms with Crippen molar-refractivity contribution in [3.63, 3.8) is 0 Å². The van der Waals surface area contributed by atoms with Crippen molar-refractivity contribution < 1.29 is 18.5 Å². The maximum absolute atomic E-state index is 13.8. The lowest BCUT2D eigenvalue weighted by Gasteiger charge is -2.30. The first kappa shape index (κ1) is 18.0. The van der Waals surface area contributed by atoms with Gasteiger partial charge in [-0.25, -0.2) is 13.8 Å².